The van der Waals surface area contributed by atoms with Crippen LogP contribution in [0.2, 0.25) is 0 Å². The standard InChI is InChI=1S/C13H6Br2F2O/c14-7-4-5-9(15)8(6-7)13(18)12-10(16)2-1-3-11(12)17/h1-6H. The van der Waals surface area contributed by atoms with Crippen LogP contribution >= 0.6 is 31.9 Å². The van der Waals surface area contributed by atoms with Crippen molar-refractivity contribution in [3.05, 3.63) is 68.1 Å². The molecule has 0 spiro atoms. The van der Waals surface area contributed by atoms with E-state index in [0.29, 0.717) is 8.95 Å². The number of hydrogen-bond acceptors (Lipinski definition) is 1. The lowest BCUT2D eigenvalue weighted by molar-refractivity contribution is 0.103. The van der Waals surface area contributed by atoms with E-state index in [0.717, 1.165) is 12.1 Å². The summed E-state index contributed by atoms with van der Waals surface area (Å²) in [6.45, 7) is 0. The molecule has 0 radical (unpaired) electrons. The fourth-order valence-electron chi connectivity index (χ4n) is 1.52. The topological polar surface area (TPSA) is 17.1 Å². The summed E-state index contributed by atoms with van der Waals surface area (Å²) in [5.41, 5.74) is -0.343. The monoisotopic (exact) mass is 374 g/mol. The molecule has 0 saturated heterocycles. The van der Waals surface area contributed by atoms with Crippen molar-refractivity contribution in [3.63, 3.8) is 0 Å². The van der Waals surface area contributed by atoms with E-state index in [1.54, 1.807) is 12.1 Å². The van der Waals surface area contributed by atoms with Gasteiger partial charge in [0, 0.05) is 14.5 Å². The van der Waals surface area contributed by atoms with Crippen LogP contribution in [0.25, 0.3) is 0 Å². The smallest absolute Gasteiger partial charge is 0.200 e. The van der Waals surface area contributed by atoms with Crippen LogP contribution in [-0.4, -0.2) is 5.78 Å². The van der Waals surface area contributed by atoms with E-state index in [9.17, 15) is 13.6 Å². The predicted octanol–water partition coefficient (Wildman–Crippen LogP) is 4.72. The minimum Gasteiger partial charge on any atom is -0.288 e. The Morgan fingerprint density at radius 2 is 1.61 bits per heavy atom. The second-order valence-electron chi connectivity index (χ2n) is 3.55. The highest BCUT2D eigenvalue weighted by Crippen LogP contribution is 2.26. The van der Waals surface area contributed by atoms with Gasteiger partial charge >= 0.3 is 0 Å². The molecule has 0 N–H and O–H groups in total. The molecule has 5 heteroatoms. The normalized spacial score (nSPS) is 10.4. The molecule has 92 valence electrons. The van der Waals surface area contributed by atoms with Crippen LogP contribution in [0.1, 0.15) is 15.9 Å². The maximum atomic E-state index is 13.5. The van der Waals surface area contributed by atoms with Gasteiger partial charge in [0.15, 0.2) is 5.78 Å². The van der Waals surface area contributed by atoms with Gasteiger partial charge in [-0.15, -0.1) is 0 Å². The third kappa shape index (κ3) is 2.52. The molecule has 0 aromatic heterocycles. The van der Waals surface area contributed by atoms with E-state index in [2.05, 4.69) is 31.9 Å². The Kier molecular flexibility index (Phi) is 3.92. The highest BCUT2D eigenvalue weighted by Gasteiger charge is 2.20. The molecule has 0 unspecified atom stereocenters. The molecule has 0 fully saturated rings. The second-order valence-corrected chi connectivity index (χ2v) is 5.32. The molecule has 0 aliphatic rings. The summed E-state index contributed by atoms with van der Waals surface area (Å²) in [5, 5.41) is 0. The molecule has 2 aromatic rings. The lowest BCUT2D eigenvalue weighted by Gasteiger charge is -2.06. The summed E-state index contributed by atoms with van der Waals surface area (Å²) in [4.78, 5) is 12.1. The molecule has 0 amide bonds. The number of halogens is 4. The first-order valence-electron chi connectivity index (χ1n) is 4.94. The van der Waals surface area contributed by atoms with E-state index in [1.807, 2.05) is 0 Å². The van der Waals surface area contributed by atoms with E-state index in [-0.39, 0.29) is 5.56 Å². The van der Waals surface area contributed by atoms with Crippen molar-refractivity contribution in [2.45, 2.75) is 0 Å². The number of carbonyl (C=O) groups is 1. The van der Waals surface area contributed by atoms with Crippen molar-refractivity contribution in [1.29, 1.82) is 0 Å². The van der Waals surface area contributed by atoms with E-state index >= 15 is 0 Å². The van der Waals surface area contributed by atoms with Gasteiger partial charge in [-0.3, -0.25) is 4.79 Å². The molecule has 0 aliphatic heterocycles. The third-order valence-electron chi connectivity index (χ3n) is 2.36. The molecule has 0 heterocycles. The van der Waals surface area contributed by atoms with Crippen LogP contribution in [0.4, 0.5) is 8.78 Å². The largest absolute Gasteiger partial charge is 0.288 e. The van der Waals surface area contributed by atoms with Crippen molar-refractivity contribution in [2.24, 2.45) is 0 Å². The number of benzene rings is 2. The van der Waals surface area contributed by atoms with Gasteiger partial charge in [0.1, 0.15) is 11.6 Å². The molecule has 0 atom stereocenters. The first kappa shape index (κ1) is 13.4. The SMILES string of the molecule is O=C(c1cc(Br)ccc1Br)c1c(F)cccc1F. The van der Waals surface area contributed by atoms with Crippen LogP contribution < -0.4 is 0 Å². The molecule has 2 aromatic carbocycles. The Balaban J connectivity index is 2.58. The lowest BCUT2D eigenvalue weighted by Crippen LogP contribution is -2.08. The average Bonchev–Trinajstić information content (AvgIpc) is 2.32. The Hall–Kier alpha value is -1.07. The summed E-state index contributed by atoms with van der Waals surface area (Å²) in [6, 6.07) is 8.20. The zero-order chi connectivity index (χ0) is 13.3. The first-order chi connectivity index (χ1) is 8.50. The van der Waals surface area contributed by atoms with Crippen LogP contribution in [0.15, 0.2) is 45.3 Å². The third-order valence-corrected chi connectivity index (χ3v) is 3.55. The summed E-state index contributed by atoms with van der Waals surface area (Å²) < 4.78 is 28.2. The number of carbonyl (C=O) groups excluding carboxylic acids is 1. The van der Waals surface area contributed by atoms with Crippen molar-refractivity contribution >= 4 is 37.6 Å². The minimum atomic E-state index is -0.869. The minimum absolute atomic E-state index is 0.202. The summed E-state index contributed by atoms with van der Waals surface area (Å²) in [6.07, 6.45) is 0. The molecule has 0 aliphatic carbocycles. The maximum absolute atomic E-state index is 13.5. The second kappa shape index (κ2) is 5.28. The van der Waals surface area contributed by atoms with Crippen LogP contribution in [0, 0.1) is 11.6 Å². The van der Waals surface area contributed by atoms with Crippen molar-refractivity contribution in [1.82, 2.24) is 0 Å². The first-order valence-corrected chi connectivity index (χ1v) is 6.53. The predicted molar refractivity (Wildman–Crippen MR) is 71.6 cm³/mol. The molecule has 18 heavy (non-hydrogen) atoms. The Bertz CT molecular complexity index is 606. The lowest BCUT2D eigenvalue weighted by atomic mass is 10.0. The van der Waals surface area contributed by atoms with Crippen molar-refractivity contribution in [3.8, 4) is 0 Å². The van der Waals surface area contributed by atoms with Crippen LogP contribution in [0.3, 0.4) is 0 Å². The molecule has 0 bridgehead atoms. The number of ketones is 1. The number of rotatable bonds is 2. The summed E-state index contributed by atoms with van der Waals surface area (Å²) >= 11 is 6.40. The Morgan fingerprint density at radius 3 is 2.22 bits per heavy atom. The fourth-order valence-corrected chi connectivity index (χ4v) is 2.31. The van der Waals surface area contributed by atoms with E-state index in [4.69, 9.17) is 0 Å². The molecular formula is C13H6Br2F2O. The highest BCUT2D eigenvalue weighted by atomic mass is 79.9. The zero-order valence-electron chi connectivity index (χ0n) is 8.88. The van der Waals surface area contributed by atoms with Gasteiger partial charge in [-0.1, -0.05) is 37.9 Å². The van der Waals surface area contributed by atoms with Gasteiger partial charge in [-0.2, -0.15) is 0 Å². The highest BCUT2D eigenvalue weighted by molar-refractivity contribution is 9.11. The molecule has 1 nitrogen and oxygen atoms in total. The maximum Gasteiger partial charge on any atom is 0.200 e. The molecule has 0 saturated carbocycles. The van der Waals surface area contributed by atoms with Gasteiger partial charge in [-0.05, 0) is 30.3 Å². The van der Waals surface area contributed by atoms with Crippen molar-refractivity contribution in [2.75, 3.05) is 0 Å². The van der Waals surface area contributed by atoms with E-state index in [1.165, 1.54) is 12.1 Å². The number of hydrogen-bond donors (Lipinski definition) is 0. The van der Waals surface area contributed by atoms with E-state index < -0.39 is 23.0 Å². The van der Waals surface area contributed by atoms with Gasteiger partial charge in [0.25, 0.3) is 0 Å². The summed E-state index contributed by atoms with van der Waals surface area (Å²) in [5.74, 6) is -2.43. The quantitative estimate of drug-likeness (QED) is 0.694. The Morgan fingerprint density at radius 1 is 1.00 bits per heavy atom. The van der Waals surface area contributed by atoms with Crippen molar-refractivity contribution < 1.29 is 13.6 Å². The van der Waals surface area contributed by atoms with Gasteiger partial charge in [-0.25, -0.2) is 8.78 Å². The van der Waals surface area contributed by atoms with Gasteiger partial charge in [0.05, 0.1) is 5.56 Å². The van der Waals surface area contributed by atoms with Crippen LogP contribution in [-0.2, 0) is 0 Å². The van der Waals surface area contributed by atoms with Gasteiger partial charge in [0.2, 0.25) is 0 Å². The molecule has 2 rings (SSSR count). The fraction of sp³-hybridized carbons (Fsp3) is 0. The van der Waals surface area contributed by atoms with Crippen LogP contribution in [0.5, 0.6) is 0 Å². The van der Waals surface area contributed by atoms with Gasteiger partial charge < -0.3 is 0 Å². The summed E-state index contributed by atoms with van der Waals surface area (Å²) in [7, 11) is 0. The average molecular weight is 376 g/mol. The Labute approximate surface area is 119 Å². The zero-order valence-corrected chi connectivity index (χ0v) is 12.1. The molecular weight excluding hydrogens is 370 g/mol.